The van der Waals surface area contributed by atoms with Crippen LogP contribution in [0, 0.1) is 6.92 Å². The van der Waals surface area contributed by atoms with Crippen molar-refractivity contribution in [3.8, 4) is 17.2 Å². The van der Waals surface area contributed by atoms with Gasteiger partial charge in [-0.25, -0.2) is 0 Å². The number of ether oxygens (including phenoxy) is 3. The second-order valence-electron chi connectivity index (χ2n) is 7.49. The van der Waals surface area contributed by atoms with Gasteiger partial charge in [-0.15, -0.1) is 0 Å². The van der Waals surface area contributed by atoms with E-state index in [1.165, 1.54) is 0 Å². The van der Waals surface area contributed by atoms with Crippen molar-refractivity contribution >= 4 is 11.8 Å². The Hall–Kier alpha value is -3.22. The molecule has 0 unspecified atom stereocenters. The van der Waals surface area contributed by atoms with Gasteiger partial charge in [-0.05, 0) is 51.0 Å². The van der Waals surface area contributed by atoms with Crippen LogP contribution < -0.4 is 19.5 Å². The summed E-state index contributed by atoms with van der Waals surface area (Å²) in [6, 6.07) is 14.9. The summed E-state index contributed by atoms with van der Waals surface area (Å²) in [5.41, 5.74) is 1.15. The second kappa shape index (κ2) is 11.2. The van der Waals surface area contributed by atoms with E-state index in [0.29, 0.717) is 49.8 Å². The molecule has 1 N–H and O–H groups in total. The van der Waals surface area contributed by atoms with Gasteiger partial charge in [-0.2, -0.15) is 0 Å². The van der Waals surface area contributed by atoms with Crippen LogP contribution in [0.2, 0.25) is 0 Å². The predicted molar refractivity (Wildman–Crippen MR) is 118 cm³/mol. The van der Waals surface area contributed by atoms with Crippen molar-refractivity contribution in [2.75, 3.05) is 32.9 Å². The van der Waals surface area contributed by atoms with E-state index in [2.05, 4.69) is 5.32 Å². The Kier molecular flexibility index (Phi) is 8.15. The summed E-state index contributed by atoms with van der Waals surface area (Å²) in [5, 5.41) is 2.99. The van der Waals surface area contributed by atoms with E-state index in [1.54, 1.807) is 11.0 Å². The van der Waals surface area contributed by atoms with E-state index < -0.39 is 0 Å². The molecule has 0 aliphatic carbocycles. The molecule has 1 aliphatic rings. The number of carbonyl (C=O) groups is 2. The number of hydrogen-bond donors (Lipinski definition) is 1. The quantitative estimate of drug-likeness (QED) is 0.667. The summed E-state index contributed by atoms with van der Waals surface area (Å²) in [4.78, 5) is 26.5. The summed E-state index contributed by atoms with van der Waals surface area (Å²) < 4.78 is 16.7. The molecular weight excluding hydrogens is 396 g/mol. The molecule has 0 spiro atoms. The standard InChI is InChI=1S/C24H30N2O5/c1-3-29-21-6-4-5-7-22(21)31-16-23(27)25-19-12-14-26(15-13-19)24(28)17-30-20-10-8-18(2)9-11-20/h4-11,19H,3,12-17H2,1-2H3,(H,25,27). The third-order valence-electron chi connectivity index (χ3n) is 5.10. The highest BCUT2D eigenvalue weighted by molar-refractivity contribution is 5.79. The number of likely N-dealkylation sites (tertiary alicyclic amines) is 1. The number of nitrogens with one attached hydrogen (secondary N) is 1. The molecule has 1 heterocycles. The lowest BCUT2D eigenvalue weighted by Crippen LogP contribution is -2.48. The lowest BCUT2D eigenvalue weighted by molar-refractivity contribution is -0.134. The van der Waals surface area contributed by atoms with Crippen molar-refractivity contribution in [2.24, 2.45) is 0 Å². The van der Waals surface area contributed by atoms with Crippen LogP contribution in [0.25, 0.3) is 0 Å². The molecule has 31 heavy (non-hydrogen) atoms. The number of carbonyl (C=O) groups excluding carboxylic acids is 2. The fourth-order valence-electron chi connectivity index (χ4n) is 3.40. The summed E-state index contributed by atoms with van der Waals surface area (Å²) in [7, 11) is 0. The van der Waals surface area contributed by atoms with E-state index in [0.717, 1.165) is 5.56 Å². The maximum atomic E-state index is 12.4. The molecule has 3 rings (SSSR count). The van der Waals surface area contributed by atoms with Gasteiger partial charge in [-0.3, -0.25) is 9.59 Å². The minimum absolute atomic E-state index is 0.0210. The van der Waals surface area contributed by atoms with Gasteiger partial charge >= 0.3 is 0 Å². The molecule has 1 saturated heterocycles. The lowest BCUT2D eigenvalue weighted by Gasteiger charge is -2.32. The summed E-state index contributed by atoms with van der Waals surface area (Å²) in [6.45, 7) is 5.56. The second-order valence-corrected chi connectivity index (χ2v) is 7.49. The van der Waals surface area contributed by atoms with E-state index in [-0.39, 0.29) is 31.1 Å². The van der Waals surface area contributed by atoms with Crippen molar-refractivity contribution < 1.29 is 23.8 Å². The molecule has 0 atom stereocenters. The molecule has 1 fully saturated rings. The normalized spacial score (nSPS) is 14.1. The summed E-state index contributed by atoms with van der Waals surface area (Å²) in [6.07, 6.45) is 1.41. The third kappa shape index (κ3) is 6.91. The zero-order valence-corrected chi connectivity index (χ0v) is 18.1. The first kappa shape index (κ1) is 22.5. The molecule has 2 amide bonds. The molecule has 2 aromatic rings. The SMILES string of the molecule is CCOc1ccccc1OCC(=O)NC1CCN(C(=O)COc2ccc(C)cc2)CC1. The van der Waals surface area contributed by atoms with Crippen molar-refractivity contribution in [3.63, 3.8) is 0 Å². The van der Waals surface area contributed by atoms with Gasteiger partial charge in [-0.1, -0.05) is 29.8 Å². The maximum Gasteiger partial charge on any atom is 0.260 e. The zero-order chi connectivity index (χ0) is 22.1. The average Bonchev–Trinajstić information content (AvgIpc) is 2.78. The van der Waals surface area contributed by atoms with Crippen molar-refractivity contribution in [3.05, 3.63) is 54.1 Å². The van der Waals surface area contributed by atoms with E-state index in [1.807, 2.05) is 56.3 Å². The van der Waals surface area contributed by atoms with E-state index >= 15 is 0 Å². The molecule has 7 nitrogen and oxygen atoms in total. The molecule has 166 valence electrons. The van der Waals surface area contributed by atoms with Crippen LogP contribution in [-0.2, 0) is 9.59 Å². The number of amides is 2. The number of para-hydroxylation sites is 2. The smallest absolute Gasteiger partial charge is 0.260 e. The first-order valence-corrected chi connectivity index (χ1v) is 10.7. The minimum Gasteiger partial charge on any atom is -0.490 e. The van der Waals surface area contributed by atoms with Gasteiger partial charge in [0.25, 0.3) is 11.8 Å². The monoisotopic (exact) mass is 426 g/mol. The molecular formula is C24H30N2O5. The van der Waals surface area contributed by atoms with Crippen LogP contribution in [0.5, 0.6) is 17.2 Å². The number of rotatable bonds is 9. The fraction of sp³-hybridized carbons (Fsp3) is 0.417. The molecule has 0 aromatic heterocycles. The Balaban J connectivity index is 1.37. The number of benzene rings is 2. The van der Waals surface area contributed by atoms with Crippen LogP contribution in [0.4, 0.5) is 0 Å². The highest BCUT2D eigenvalue weighted by Gasteiger charge is 2.24. The lowest BCUT2D eigenvalue weighted by atomic mass is 10.1. The molecule has 0 saturated carbocycles. The van der Waals surface area contributed by atoms with Gasteiger partial charge in [0.05, 0.1) is 6.61 Å². The minimum atomic E-state index is -0.182. The van der Waals surface area contributed by atoms with Crippen LogP contribution >= 0.6 is 0 Å². The maximum absolute atomic E-state index is 12.4. The summed E-state index contributed by atoms with van der Waals surface area (Å²) in [5.74, 6) is 1.64. The Labute approximate surface area is 183 Å². The van der Waals surface area contributed by atoms with E-state index in [9.17, 15) is 9.59 Å². The number of piperidine rings is 1. The van der Waals surface area contributed by atoms with Gasteiger partial charge in [0.2, 0.25) is 0 Å². The number of hydrogen-bond acceptors (Lipinski definition) is 5. The van der Waals surface area contributed by atoms with Crippen LogP contribution in [0.1, 0.15) is 25.3 Å². The van der Waals surface area contributed by atoms with Gasteiger partial charge < -0.3 is 24.4 Å². The predicted octanol–water partition coefficient (Wildman–Crippen LogP) is 2.96. The largest absolute Gasteiger partial charge is 0.490 e. The Morgan fingerprint density at radius 1 is 0.935 bits per heavy atom. The topological polar surface area (TPSA) is 77.1 Å². The Morgan fingerprint density at radius 2 is 1.58 bits per heavy atom. The highest BCUT2D eigenvalue weighted by atomic mass is 16.5. The molecule has 2 aromatic carbocycles. The van der Waals surface area contributed by atoms with Crippen molar-refractivity contribution in [1.82, 2.24) is 10.2 Å². The van der Waals surface area contributed by atoms with Gasteiger partial charge in [0.15, 0.2) is 24.7 Å². The molecule has 0 bridgehead atoms. The number of nitrogens with zero attached hydrogens (tertiary/aromatic N) is 1. The van der Waals surface area contributed by atoms with Crippen LogP contribution in [-0.4, -0.2) is 55.7 Å². The first-order valence-electron chi connectivity index (χ1n) is 10.7. The van der Waals surface area contributed by atoms with Crippen molar-refractivity contribution in [2.45, 2.75) is 32.7 Å². The molecule has 7 heteroatoms. The Bertz CT molecular complexity index is 861. The van der Waals surface area contributed by atoms with E-state index in [4.69, 9.17) is 14.2 Å². The van der Waals surface area contributed by atoms with Crippen molar-refractivity contribution in [1.29, 1.82) is 0 Å². The third-order valence-corrected chi connectivity index (χ3v) is 5.10. The molecule has 1 aliphatic heterocycles. The zero-order valence-electron chi connectivity index (χ0n) is 18.1. The van der Waals surface area contributed by atoms with Crippen LogP contribution in [0.15, 0.2) is 48.5 Å². The van der Waals surface area contributed by atoms with Gasteiger partial charge in [0.1, 0.15) is 5.75 Å². The first-order chi connectivity index (χ1) is 15.0. The average molecular weight is 427 g/mol. The summed E-state index contributed by atoms with van der Waals surface area (Å²) >= 11 is 0. The van der Waals surface area contributed by atoms with Crippen LogP contribution in [0.3, 0.4) is 0 Å². The molecule has 0 radical (unpaired) electrons. The number of aryl methyl sites for hydroxylation is 1. The highest BCUT2D eigenvalue weighted by Crippen LogP contribution is 2.26. The Morgan fingerprint density at radius 3 is 2.23 bits per heavy atom. The van der Waals surface area contributed by atoms with Gasteiger partial charge in [0, 0.05) is 19.1 Å². The fourth-order valence-corrected chi connectivity index (χ4v) is 3.40.